The molecule has 0 aliphatic heterocycles. The smallest absolute Gasteiger partial charge is 0.0592 e. The van der Waals surface area contributed by atoms with E-state index in [0.717, 1.165) is 10.2 Å². The standard InChI is InChI=1S/C11H17BrN2O2/c1-11(7-15,8-16)6-14(2)10-3-4-13-5-9(10)12/h3-5,15-16H,6-8H2,1-2H3. The van der Waals surface area contributed by atoms with Crippen molar-refractivity contribution >= 4 is 21.6 Å². The lowest BCUT2D eigenvalue weighted by atomic mass is 9.92. The maximum Gasteiger partial charge on any atom is 0.0592 e. The van der Waals surface area contributed by atoms with Gasteiger partial charge in [-0.15, -0.1) is 0 Å². The number of hydrogen-bond acceptors (Lipinski definition) is 4. The minimum absolute atomic E-state index is 0.0451. The van der Waals surface area contributed by atoms with Crippen LogP contribution in [-0.4, -0.2) is 42.0 Å². The van der Waals surface area contributed by atoms with Crippen molar-refractivity contribution in [2.45, 2.75) is 6.92 Å². The van der Waals surface area contributed by atoms with E-state index in [1.54, 1.807) is 12.4 Å². The van der Waals surface area contributed by atoms with E-state index in [9.17, 15) is 10.2 Å². The lowest BCUT2D eigenvalue weighted by Crippen LogP contribution is -2.39. The molecule has 4 nitrogen and oxygen atoms in total. The van der Waals surface area contributed by atoms with E-state index in [4.69, 9.17) is 0 Å². The maximum atomic E-state index is 9.24. The molecule has 0 radical (unpaired) electrons. The van der Waals surface area contributed by atoms with Gasteiger partial charge < -0.3 is 15.1 Å². The van der Waals surface area contributed by atoms with E-state index >= 15 is 0 Å². The van der Waals surface area contributed by atoms with Crippen molar-refractivity contribution in [3.8, 4) is 0 Å². The van der Waals surface area contributed by atoms with Crippen LogP contribution in [0.1, 0.15) is 6.92 Å². The molecule has 0 bridgehead atoms. The Kier molecular flexibility index (Phi) is 4.70. The average Bonchev–Trinajstić information content (AvgIpc) is 2.29. The number of aliphatic hydroxyl groups excluding tert-OH is 2. The first kappa shape index (κ1) is 13.4. The fraction of sp³-hybridized carbons (Fsp3) is 0.545. The van der Waals surface area contributed by atoms with Gasteiger partial charge in [0.2, 0.25) is 0 Å². The van der Waals surface area contributed by atoms with Crippen molar-refractivity contribution in [1.29, 1.82) is 0 Å². The highest BCUT2D eigenvalue weighted by Gasteiger charge is 2.25. The van der Waals surface area contributed by atoms with Gasteiger partial charge in [0.1, 0.15) is 0 Å². The van der Waals surface area contributed by atoms with E-state index in [0.29, 0.717) is 6.54 Å². The molecule has 1 heterocycles. The Morgan fingerprint density at radius 1 is 1.44 bits per heavy atom. The third-order valence-electron chi connectivity index (χ3n) is 2.54. The van der Waals surface area contributed by atoms with Gasteiger partial charge in [0.05, 0.1) is 23.4 Å². The topological polar surface area (TPSA) is 56.6 Å². The number of pyridine rings is 1. The molecule has 1 aromatic heterocycles. The van der Waals surface area contributed by atoms with Crippen LogP contribution in [0.4, 0.5) is 5.69 Å². The van der Waals surface area contributed by atoms with Gasteiger partial charge in [-0.25, -0.2) is 0 Å². The van der Waals surface area contributed by atoms with Crippen LogP contribution in [0.15, 0.2) is 22.9 Å². The van der Waals surface area contributed by atoms with Crippen LogP contribution in [-0.2, 0) is 0 Å². The molecule has 0 fully saturated rings. The Hall–Kier alpha value is -0.650. The minimum Gasteiger partial charge on any atom is -0.396 e. The van der Waals surface area contributed by atoms with Crippen molar-refractivity contribution in [3.05, 3.63) is 22.9 Å². The summed E-state index contributed by atoms with van der Waals surface area (Å²) < 4.78 is 0.899. The van der Waals surface area contributed by atoms with E-state index in [-0.39, 0.29) is 13.2 Å². The van der Waals surface area contributed by atoms with Crippen LogP contribution in [0.2, 0.25) is 0 Å². The molecule has 1 aromatic rings. The summed E-state index contributed by atoms with van der Waals surface area (Å²) in [5, 5.41) is 18.5. The van der Waals surface area contributed by atoms with Crippen LogP contribution in [0, 0.1) is 5.41 Å². The summed E-state index contributed by atoms with van der Waals surface area (Å²) in [7, 11) is 1.92. The normalized spacial score (nSPS) is 11.6. The minimum atomic E-state index is -0.503. The van der Waals surface area contributed by atoms with E-state index in [2.05, 4.69) is 20.9 Å². The highest BCUT2D eigenvalue weighted by Crippen LogP contribution is 2.26. The van der Waals surface area contributed by atoms with E-state index < -0.39 is 5.41 Å². The molecule has 1 rings (SSSR count). The number of rotatable bonds is 5. The van der Waals surface area contributed by atoms with E-state index in [1.165, 1.54) is 0 Å². The average molecular weight is 289 g/mol. The highest BCUT2D eigenvalue weighted by atomic mass is 79.9. The van der Waals surface area contributed by atoms with Crippen molar-refractivity contribution in [1.82, 2.24) is 4.98 Å². The highest BCUT2D eigenvalue weighted by molar-refractivity contribution is 9.10. The first-order chi connectivity index (χ1) is 7.52. The summed E-state index contributed by atoms with van der Waals surface area (Å²) in [4.78, 5) is 5.98. The third-order valence-corrected chi connectivity index (χ3v) is 3.16. The molecule has 0 aliphatic rings. The van der Waals surface area contributed by atoms with Crippen molar-refractivity contribution in [2.75, 3.05) is 31.7 Å². The Morgan fingerprint density at radius 3 is 2.56 bits per heavy atom. The van der Waals surface area contributed by atoms with Crippen LogP contribution >= 0.6 is 15.9 Å². The van der Waals surface area contributed by atoms with Gasteiger partial charge in [-0.3, -0.25) is 4.98 Å². The van der Waals surface area contributed by atoms with Gasteiger partial charge in [0.25, 0.3) is 0 Å². The predicted octanol–water partition coefficient (Wildman–Crippen LogP) is 1.27. The monoisotopic (exact) mass is 288 g/mol. The Labute approximate surface area is 104 Å². The fourth-order valence-electron chi connectivity index (χ4n) is 1.49. The first-order valence-electron chi connectivity index (χ1n) is 5.05. The molecule has 2 N–H and O–H groups in total. The zero-order valence-corrected chi connectivity index (χ0v) is 11.1. The van der Waals surface area contributed by atoms with Gasteiger partial charge in [-0.05, 0) is 22.0 Å². The fourth-order valence-corrected chi connectivity index (χ4v) is 2.04. The quantitative estimate of drug-likeness (QED) is 0.857. The molecule has 5 heteroatoms. The summed E-state index contributed by atoms with van der Waals surface area (Å²) in [5.74, 6) is 0. The second-order valence-corrected chi connectivity index (χ2v) is 5.16. The SMILES string of the molecule is CN(CC(C)(CO)CO)c1ccncc1Br. The number of halogens is 1. The maximum absolute atomic E-state index is 9.24. The van der Waals surface area contributed by atoms with Gasteiger partial charge in [-0.2, -0.15) is 0 Å². The molecular formula is C11H17BrN2O2. The molecule has 0 amide bonds. The molecule has 0 aliphatic carbocycles. The summed E-state index contributed by atoms with van der Waals surface area (Å²) in [6.07, 6.45) is 3.44. The molecular weight excluding hydrogens is 272 g/mol. The number of anilines is 1. The predicted molar refractivity (Wildman–Crippen MR) is 67.5 cm³/mol. The van der Waals surface area contributed by atoms with E-state index in [1.807, 2.05) is 24.9 Å². The molecule has 0 saturated carbocycles. The summed E-state index contributed by atoms with van der Waals surface area (Å²) in [6.45, 7) is 2.33. The first-order valence-corrected chi connectivity index (χ1v) is 5.84. The van der Waals surface area contributed by atoms with Crippen LogP contribution < -0.4 is 4.90 Å². The molecule has 16 heavy (non-hydrogen) atoms. The van der Waals surface area contributed by atoms with Crippen LogP contribution in [0.3, 0.4) is 0 Å². The van der Waals surface area contributed by atoms with Crippen molar-refractivity contribution in [3.63, 3.8) is 0 Å². The van der Waals surface area contributed by atoms with Crippen LogP contribution in [0.5, 0.6) is 0 Å². The molecule has 0 aromatic carbocycles. The zero-order valence-electron chi connectivity index (χ0n) is 9.52. The largest absolute Gasteiger partial charge is 0.396 e. The second-order valence-electron chi connectivity index (χ2n) is 4.31. The van der Waals surface area contributed by atoms with Gasteiger partial charge in [-0.1, -0.05) is 6.92 Å². The van der Waals surface area contributed by atoms with Gasteiger partial charge in [0, 0.05) is 31.4 Å². The molecule has 0 atom stereocenters. The van der Waals surface area contributed by atoms with Crippen molar-refractivity contribution in [2.24, 2.45) is 5.41 Å². The summed E-state index contributed by atoms with van der Waals surface area (Å²) in [6, 6.07) is 1.89. The Bertz CT molecular complexity index is 343. The number of aliphatic hydroxyl groups is 2. The number of nitrogens with zero attached hydrogens (tertiary/aromatic N) is 2. The lowest BCUT2D eigenvalue weighted by Gasteiger charge is -2.32. The number of hydrogen-bond donors (Lipinski definition) is 2. The molecule has 0 unspecified atom stereocenters. The molecule has 0 saturated heterocycles. The second kappa shape index (κ2) is 5.61. The van der Waals surface area contributed by atoms with Crippen LogP contribution in [0.25, 0.3) is 0 Å². The Morgan fingerprint density at radius 2 is 2.06 bits per heavy atom. The van der Waals surface area contributed by atoms with Gasteiger partial charge in [0.15, 0.2) is 0 Å². The molecule has 0 spiro atoms. The zero-order chi connectivity index (χ0) is 12.2. The Balaban J connectivity index is 2.80. The molecule has 90 valence electrons. The lowest BCUT2D eigenvalue weighted by molar-refractivity contribution is 0.0762. The summed E-state index contributed by atoms with van der Waals surface area (Å²) in [5.41, 5.74) is 0.486. The van der Waals surface area contributed by atoms with Crippen molar-refractivity contribution < 1.29 is 10.2 Å². The number of aromatic nitrogens is 1. The third kappa shape index (κ3) is 3.17. The van der Waals surface area contributed by atoms with Gasteiger partial charge >= 0.3 is 0 Å². The summed E-state index contributed by atoms with van der Waals surface area (Å²) >= 11 is 3.42.